The molecule has 1 aliphatic rings. The maximum absolute atomic E-state index is 12.6. The van der Waals surface area contributed by atoms with E-state index in [1.165, 1.54) is 11.2 Å². The number of ketones is 1. The van der Waals surface area contributed by atoms with Crippen molar-refractivity contribution in [3.63, 3.8) is 0 Å². The molecule has 0 aliphatic carbocycles. The lowest BCUT2D eigenvalue weighted by Crippen LogP contribution is -2.53. The zero-order valence-electron chi connectivity index (χ0n) is 13.4. The first-order valence-electron chi connectivity index (χ1n) is 8.00. The molecule has 2 aromatic heterocycles. The van der Waals surface area contributed by atoms with Crippen molar-refractivity contribution >= 4 is 22.9 Å². The number of hydrogen-bond acceptors (Lipinski definition) is 5. The van der Waals surface area contributed by atoms with E-state index in [0.29, 0.717) is 29.8 Å². The van der Waals surface area contributed by atoms with E-state index in [0.717, 1.165) is 5.56 Å². The monoisotopic (exact) mass is 336 g/mol. The van der Waals surface area contributed by atoms with E-state index in [-0.39, 0.29) is 18.3 Å². The Hall–Kier alpha value is -3.22. The Morgan fingerprint density at radius 3 is 2.76 bits per heavy atom. The zero-order valence-corrected chi connectivity index (χ0v) is 13.4. The van der Waals surface area contributed by atoms with Crippen molar-refractivity contribution in [2.24, 2.45) is 5.92 Å². The average Bonchev–Trinajstić information content (AvgIpc) is 3.08. The third-order valence-electron chi connectivity index (χ3n) is 4.30. The van der Waals surface area contributed by atoms with Crippen LogP contribution in [-0.4, -0.2) is 44.8 Å². The van der Waals surface area contributed by atoms with Gasteiger partial charge >= 0.3 is 6.09 Å². The molecule has 0 radical (unpaired) electrons. The highest BCUT2D eigenvalue weighted by atomic mass is 16.6. The Bertz CT molecular complexity index is 916. The molecule has 0 unspecified atom stereocenters. The number of fused-ring (bicyclic) bond motifs is 1. The van der Waals surface area contributed by atoms with Gasteiger partial charge < -0.3 is 14.6 Å². The van der Waals surface area contributed by atoms with E-state index in [9.17, 15) is 9.59 Å². The fraction of sp³-hybridized carbons (Fsp3) is 0.222. The smallest absolute Gasteiger partial charge is 0.410 e. The van der Waals surface area contributed by atoms with Crippen LogP contribution in [0.3, 0.4) is 0 Å². The predicted octanol–water partition coefficient (Wildman–Crippen LogP) is 2.41. The number of aromatic amines is 1. The number of nitrogens with one attached hydrogen (secondary N) is 1. The second-order valence-corrected chi connectivity index (χ2v) is 5.97. The lowest BCUT2D eigenvalue weighted by Gasteiger charge is -2.37. The van der Waals surface area contributed by atoms with Crippen molar-refractivity contribution < 1.29 is 14.3 Å². The van der Waals surface area contributed by atoms with Crippen LogP contribution in [-0.2, 0) is 11.3 Å². The molecule has 0 spiro atoms. The number of amides is 1. The number of aromatic nitrogens is 3. The number of carbonyl (C=O) groups excluding carboxylic acids is 2. The maximum Gasteiger partial charge on any atom is 0.410 e. The number of carbonyl (C=O) groups is 2. The highest BCUT2D eigenvalue weighted by Crippen LogP contribution is 2.24. The molecule has 4 rings (SSSR count). The molecule has 1 aliphatic heterocycles. The minimum absolute atomic E-state index is 0.0703. The molecule has 1 aromatic carbocycles. The van der Waals surface area contributed by atoms with Gasteiger partial charge in [-0.2, -0.15) is 0 Å². The van der Waals surface area contributed by atoms with Gasteiger partial charge in [0.2, 0.25) is 0 Å². The average molecular weight is 336 g/mol. The van der Waals surface area contributed by atoms with Crippen LogP contribution in [0.1, 0.15) is 16.1 Å². The van der Waals surface area contributed by atoms with Crippen LogP contribution in [0, 0.1) is 5.92 Å². The van der Waals surface area contributed by atoms with Crippen LogP contribution in [0.2, 0.25) is 0 Å². The number of benzene rings is 1. The topological polar surface area (TPSA) is 88.2 Å². The standard InChI is InChI=1S/C18H16N4O3/c23-16(15-14-6-7-19-17(14)21-11-20-15)13-8-22(9-13)18(24)25-10-12-4-2-1-3-5-12/h1-7,11,13H,8-10H2,(H,19,20,21). The predicted molar refractivity (Wildman–Crippen MR) is 89.9 cm³/mol. The third-order valence-corrected chi connectivity index (χ3v) is 4.30. The lowest BCUT2D eigenvalue weighted by atomic mass is 9.92. The second-order valence-electron chi connectivity index (χ2n) is 5.97. The third kappa shape index (κ3) is 2.96. The van der Waals surface area contributed by atoms with Gasteiger partial charge in [0.1, 0.15) is 24.3 Å². The first-order valence-corrected chi connectivity index (χ1v) is 8.00. The Morgan fingerprint density at radius 2 is 1.96 bits per heavy atom. The maximum atomic E-state index is 12.6. The van der Waals surface area contributed by atoms with Crippen molar-refractivity contribution in [1.82, 2.24) is 19.9 Å². The molecular formula is C18H16N4O3. The Kier molecular flexibility index (Phi) is 3.89. The molecule has 0 saturated carbocycles. The fourth-order valence-corrected chi connectivity index (χ4v) is 2.87. The number of ether oxygens (including phenoxy) is 1. The van der Waals surface area contributed by atoms with Crippen LogP contribution >= 0.6 is 0 Å². The summed E-state index contributed by atoms with van der Waals surface area (Å²) in [7, 11) is 0. The highest BCUT2D eigenvalue weighted by molar-refractivity contribution is 6.06. The van der Waals surface area contributed by atoms with Crippen molar-refractivity contribution in [3.05, 3.63) is 60.2 Å². The van der Waals surface area contributed by atoms with Gasteiger partial charge in [-0.05, 0) is 11.6 Å². The van der Waals surface area contributed by atoms with Crippen LogP contribution in [0.15, 0.2) is 48.9 Å². The quantitative estimate of drug-likeness (QED) is 0.739. The van der Waals surface area contributed by atoms with Gasteiger partial charge in [-0.1, -0.05) is 30.3 Å². The second kappa shape index (κ2) is 6.35. The molecule has 1 N–H and O–H groups in total. The number of hydrogen-bond donors (Lipinski definition) is 1. The lowest BCUT2D eigenvalue weighted by molar-refractivity contribution is 0.0441. The van der Waals surface area contributed by atoms with Crippen LogP contribution in [0.25, 0.3) is 11.0 Å². The molecule has 0 atom stereocenters. The van der Waals surface area contributed by atoms with Crippen molar-refractivity contribution in [2.45, 2.75) is 6.61 Å². The zero-order chi connectivity index (χ0) is 17.2. The molecule has 1 fully saturated rings. The van der Waals surface area contributed by atoms with Gasteiger partial charge in [-0.25, -0.2) is 14.8 Å². The van der Waals surface area contributed by atoms with E-state index in [2.05, 4.69) is 15.0 Å². The summed E-state index contributed by atoms with van der Waals surface area (Å²) in [6, 6.07) is 11.3. The minimum atomic E-state index is -0.401. The summed E-state index contributed by atoms with van der Waals surface area (Å²) < 4.78 is 5.27. The molecule has 3 heterocycles. The first-order chi connectivity index (χ1) is 12.2. The number of Topliss-reactive ketones (excluding diaryl/α,β-unsaturated/α-hetero) is 1. The number of H-pyrrole nitrogens is 1. The van der Waals surface area contributed by atoms with Gasteiger partial charge in [0, 0.05) is 24.7 Å². The van der Waals surface area contributed by atoms with E-state index in [1.807, 2.05) is 30.3 Å². The summed E-state index contributed by atoms with van der Waals surface area (Å²) in [5.41, 5.74) is 1.96. The SMILES string of the molecule is O=C(c1ncnc2[nH]ccc12)C1CN(C(=O)OCc2ccccc2)C1. The van der Waals surface area contributed by atoms with E-state index < -0.39 is 6.09 Å². The van der Waals surface area contributed by atoms with Gasteiger partial charge in [-0.15, -0.1) is 0 Å². The van der Waals surface area contributed by atoms with E-state index in [1.54, 1.807) is 12.3 Å². The minimum Gasteiger partial charge on any atom is -0.445 e. The highest BCUT2D eigenvalue weighted by Gasteiger charge is 2.38. The van der Waals surface area contributed by atoms with E-state index >= 15 is 0 Å². The largest absolute Gasteiger partial charge is 0.445 e. The van der Waals surface area contributed by atoms with Crippen LogP contribution in [0.5, 0.6) is 0 Å². The van der Waals surface area contributed by atoms with Crippen molar-refractivity contribution in [3.8, 4) is 0 Å². The normalized spacial score (nSPS) is 14.3. The van der Waals surface area contributed by atoms with Crippen LogP contribution < -0.4 is 0 Å². The molecular weight excluding hydrogens is 320 g/mol. The molecule has 1 saturated heterocycles. The number of likely N-dealkylation sites (tertiary alicyclic amines) is 1. The Morgan fingerprint density at radius 1 is 1.16 bits per heavy atom. The first kappa shape index (κ1) is 15.3. The summed E-state index contributed by atoms with van der Waals surface area (Å²) in [5.74, 6) is -0.323. The summed E-state index contributed by atoms with van der Waals surface area (Å²) >= 11 is 0. The van der Waals surface area contributed by atoms with E-state index in [4.69, 9.17) is 4.74 Å². The molecule has 25 heavy (non-hydrogen) atoms. The van der Waals surface area contributed by atoms with Crippen molar-refractivity contribution in [1.29, 1.82) is 0 Å². The van der Waals surface area contributed by atoms with Gasteiger partial charge in [0.25, 0.3) is 0 Å². The van der Waals surface area contributed by atoms with Crippen molar-refractivity contribution in [2.75, 3.05) is 13.1 Å². The summed E-state index contributed by atoms with van der Waals surface area (Å²) in [6.07, 6.45) is 2.70. The molecule has 0 bridgehead atoms. The number of nitrogens with zero attached hydrogens (tertiary/aromatic N) is 3. The van der Waals surface area contributed by atoms with Gasteiger partial charge in [0.15, 0.2) is 5.78 Å². The summed E-state index contributed by atoms with van der Waals surface area (Å²) in [5, 5.41) is 0.706. The fourth-order valence-electron chi connectivity index (χ4n) is 2.87. The summed E-state index contributed by atoms with van der Waals surface area (Å²) in [6.45, 7) is 0.926. The molecule has 7 heteroatoms. The molecule has 1 amide bonds. The van der Waals surface area contributed by atoms with Crippen LogP contribution in [0.4, 0.5) is 4.79 Å². The number of rotatable bonds is 4. The Balaban J connectivity index is 1.34. The van der Waals surface area contributed by atoms with Gasteiger partial charge in [-0.3, -0.25) is 4.79 Å². The Labute approximate surface area is 143 Å². The molecule has 126 valence electrons. The van der Waals surface area contributed by atoms with Gasteiger partial charge in [0.05, 0.1) is 5.92 Å². The molecule has 3 aromatic rings. The summed E-state index contributed by atoms with van der Waals surface area (Å²) in [4.78, 5) is 37.3. The molecule has 7 nitrogen and oxygen atoms in total.